The zero-order chi connectivity index (χ0) is 46.0. The highest BCUT2D eigenvalue weighted by Crippen LogP contribution is 2.32. The molecule has 3 aromatic carbocycles. The molecule has 3 atom stereocenters. The molecule has 0 radical (unpaired) electrons. The molecule has 3 aromatic heterocycles. The smallest absolute Gasteiger partial charge is 0.339 e. The van der Waals surface area contributed by atoms with Gasteiger partial charge in [0.1, 0.15) is 34.5 Å². The number of rotatable bonds is 6. The number of aromatic carboxylic acids is 1. The number of carboxylic acid groups (broad SMARTS) is 1. The quantitative estimate of drug-likeness (QED) is 0.155. The zero-order valence-corrected chi connectivity index (χ0v) is 37.9. The number of aromatic nitrogens is 3. The second kappa shape index (κ2) is 25.7. The maximum Gasteiger partial charge on any atom is 0.339 e. The summed E-state index contributed by atoms with van der Waals surface area (Å²) >= 11 is 5.49. The summed E-state index contributed by atoms with van der Waals surface area (Å²) in [4.78, 5) is 35.3. The number of nitrogens with zero attached hydrogens (tertiary/aromatic N) is 10. The minimum atomic E-state index is -0.936. The topological polar surface area (TPSA) is 152 Å². The van der Waals surface area contributed by atoms with E-state index >= 15 is 0 Å². The van der Waals surface area contributed by atoms with Gasteiger partial charge in [-0.2, -0.15) is 10.5 Å². The van der Waals surface area contributed by atoms with E-state index in [0.717, 1.165) is 64.7 Å². The van der Waals surface area contributed by atoms with E-state index in [1.807, 2.05) is 42.5 Å². The van der Waals surface area contributed by atoms with Crippen LogP contribution in [-0.4, -0.2) is 121 Å². The van der Waals surface area contributed by atoms with Gasteiger partial charge in [0.2, 0.25) is 0 Å². The molecule has 3 aliphatic rings. The molecule has 13 nitrogen and oxygen atoms in total. The minimum absolute atomic E-state index is 0. The lowest BCUT2D eigenvalue weighted by molar-refractivity contribution is 0.0696. The Morgan fingerprint density at radius 1 is 0.591 bits per heavy atom. The van der Waals surface area contributed by atoms with E-state index in [1.165, 1.54) is 16.7 Å². The summed E-state index contributed by atoms with van der Waals surface area (Å²) in [5.74, 6) is 0.410. The molecule has 0 bridgehead atoms. The summed E-state index contributed by atoms with van der Waals surface area (Å²) in [5.41, 5.74) is 5.15. The Bertz CT molecular complexity index is 2490. The molecular weight excluding hydrogens is 846 g/mol. The molecule has 3 saturated heterocycles. The van der Waals surface area contributed by atoms with Crippen molar-refractivity contribution in [2.45, 2.75) is 25.6 Å². The van der Waals surface area contributed by atoms with Crippen LogP contribution in [-0.2, 0) is 0 Å². The van der Waals surface area contributed by atoms with Crippen LogP contribution >= 0.6 is 11.6 Å². The lowest BCUT2D eigenvalue weighted by Gasteiger charge is -2.41. The van der Waals surface area contributed by atoms with Crippen molar-refractivity contribution in [3.63, 3.8) is 0 Å². The molecule has 9 rings (SSSR count). The molecule has 6 heterocycles. The van der Waals surface area contributed by atoms with Gasteiger partial charge in [0.25, 0.3) is 0 Å². The van der Waals surface area contributed by atoms with Crippen molar-refractivity contribution in [1.29, 1.82) is 10.5 Å². The van der Waals surface area contributed by atoms with E-state index in [9.17, 15) is 15.2 Å². The first-order valence-electron chi connectivity index (χ1n) is 21.7. The van der Waals surface area contributed by atoms with Crippen LogP contribution in [0, 0.1) is 22.7 Å². The average molecular weight is 907 g/mol. The monoisotopic (exact) mass is 905 g/mol. The van der Waals surface area contributed by atoms with Gasteiger partial charge in [0.05, 0.1) is 23.2 Å². The van der Waals surface area contributed by atoms with Crippen LogP contribution in [0.15, 0.2) is 146 Å². The fourth-order valence-electron chi connectivity index (χ4n) is 8.05. The first-order chi connectivity index (χ1) is 31.7. The molecule has 0 spiro atoms. The predicted molar refractivity (Wildman–Crippen MR) is 264 cm³/mol. The zero-order valence-electron chi connectivity index (χ0n) is 37.2. The van der Waals surface area contributed by atoms with Crippen molar-refractivity contribution >= 4 is 29.2 Å². The van der Waals surface area contributed by atoms with Gasteiger partial charge in [-0.15, -0.1) is 0 Å². The summed E-state index contributed by atoms with van der Waals surface area (Å²) in [6.07, 6.45) is 4.96. The molecule has 6 aromatic rings. The van der Waals surface area contributed by atoms with Crippen LogP contribution in [0.4, 0.5) is 11.6 Å². The van der Waals surface area contributed by atoms with Crippen LogP contribution in [0.2, 0.25) is 5.15 Å². The first kappa shape index (κ1) is 50.3. The molecule has 3 aliphatic heterocycles. The van der Waals surface area contributed by atoms with Crippen molar-refractivity contribution in [3.05, 3.63) is 185 Å². The highest BCUT2D eigenvalue weighted by atomic mass is 35.5. The Kier molecular flexibility index (Phi) is 19.6. The molecular formula is C52H60ClN11O2. The standard InChI is InChI=1S/C17H18N4.C17H19N3O2.C11H16N2.C6H3ClN2.CH4/c1-20-10-11-21(17-15(12-18)8-5-9-19-17)16(13-20)14-6-3-2-4-7-14;1-19-10-11-20(15(12-19)13-6-3-2-4-7-13)16-14(17(21)22)8-5-9-18-16;1-13-8-7-12-11(9-13)10-5-3-2-4-6-10;7-6-5(4-8)2-1-3-9-6;/h2-9,16H,10-11,13H2,1H3;2-9,15H,10-12H2,1H3,(H,21,22);2-6,11-12H,7-9H2,1H3;1-3H;1H4/t16-;15-;11-;;/m111../s1. The van der Waals surface area contributed by atoms with E-state index in [-0.39, 0.29) is 30.2 Å². The molecule has 2 N–H and O–H groups in total. The number of carboxylic acids is 1. The molecule has 3 fully saturated rings. The number of piperazine rings is 3. The van der Waals surface area contributed by atoms with Gasteiger partial charge in [0, 0.05) is 83.5 Å². The van der Waals surface area contributed by atoms with Crippen LogP contribution in [0.3, 0.4) is 0 Å². The van der Waals surface area contributed by atoms with Crippen LogP contribution < -0.4 is 15.1 Å². The van der Waals surface area contributed by atoms with Gasteiger partial charge < -0.3 is 34.9 Å². The summed E-state index contributed by atoms with van der Waals surface area (Å²) < 4.78 is 0. The van der Waals surface area contributed by atoms with E-state index < -0.39 is 5.97 Å². The largest absolute Gasteiger partial charge is 0.478 e. The Hall–Kier alpha value is -6.71. The molecule has 0 saturated carbocycles. The molecule has 0 aliphatic carbocycles. The van der Waals surface area contributed by atoms with Gasteiger partial charge in [-0.3, -0.25) is 0 Å². The number of hydrogen-bond donors (Lipinski definition) is 2. The summed E-state index contributed by atoms with van der Waals surface area (Å²) in [5, 5.41) is 30.9. The first-order valence-corrected chi connectivity index (χ1v) is 22.1. The van der Waals surface area contributed by atoms with Crippen molar-refractivity contribution in [3.8, 4) is 12.1 Å². The third-order valence-electron chi connectivity index (χ3n) is 11.5. The number of nitriles is 2. The second-order valence-corrected chi connectivity index (χ2v) is 16.4. The summed E-state index contributed by atoms with van der Waals surface area (Å²) in [7, 11) is 6.40. The number of halogens is 1. The van der Waals surface area contributed by atoms with Gasteiger partial charge in [-0.1, -0.05) is 110 Å². The number of anilines is 2. The van der Waals surface area contributed by atoms with Crippen molar-refractivity contribution in [2.24, 2.45) is 0 Å². The normalized spacial score (nSPS) is 18.5. The minimum Gasteiger partial charge on any atom is -0.478 e. The van der Waals surface area contributed by atoms with Crippen LogP contribution in [0.25, 0.3) is 0 Å². The molecule has 0 unspecified atom stereocenters. The summed E-state index contributed by atoms with van der Waals surface area (Å²) in [6, 6.07) is 46.5. The van der Waals surface area contributed by atoms with Gasteiger partial charge in [-0.25, -0.2) is 19.7 Å². The SMILES string of the molecule is C.CN1CCN(c2ncccc2C#N)[C@@H](c2ccccc2)C1.CN1CCN(c2ncccc2C(=O)O)[C@@H](c2ccccc2)C1.CN1CCN[C@@H](c2ccccc2)C1.N#Cc1cccnc1Cl. The van der Waals surface area contributed by atoms with Gasteiger partial charge >= 0.3 is 5.97 Å². The van der Waals surface area contributed by atoms with Crippen molar-refractivity contribution < 1.29 is 9.90 Å². The number of pyridine rings is 3. The summed E-state index contributed by atoms with van der Waals surface area (Å²) in [6.45, 7) is 8.65. The number of hydrogen-bond acceptors (Lipinski definition) is 12. The number of carbonyl (C=O) groups is 1. The van der Waals surface area contributed by atoms with Crippen molar-refractivity contribution in [1.82, 2.24) is 35.0 Å². The highest BCUT2D eigenvalue weighted by Gasteiger charge is 2.31. The Labute approximate surface area is 395 Å². The maximum absolute atomic E-state index is 11.5. The number of likely N-dealkylation sites (N-methyl/N-ethyl adjacent to an activating group) is 3. The molecule has 66 heavy (non-hydrogen) atoms. The van der Waals surface area contributed by atoms with Crippen LogP contribution in [0.5, 0.6) is 0 Å². The molecule has 342 valence electrons. The number of benzene rings is 3. The van der Waals surface area contributed by atoms with Crippen LogP contribution in [0.1, 0.15) is 63.7 Å². The lowest BCUT2D eigenvalue weighted by Crippen LogP contribution is -2.47. The molecule has 14 heteroatoms. The van der Waals surface area contributed by atoms with Crippen molar-refractivity contribution in [2.75, 3.05) is 89.8 Å². The Morgan fingerprint density at radius 2 is 1.05 bits per heavy atom. The average Bonchev–Trinajstić information content (AvgIpc) is 3.35. The second-order valence-electron chi connectivity index (χ2n) is 16.1. The Balaban J connectivity index is 0.000000173. The third-order valence-corrected chi connectivity index (χ3v) is 11.8. The van der Waals surface area contributed by atoms with E-state index in [1.54, 1.807) is 42.9 Å². The van der Waals surface area contributed by atoms with E-state index in [0.29, 0.717) is 23.0 Å². The van der Waals surface area contributed by atoms with Gasteiger partial charge in [0.15, 0.2) is 0 Å². The van der Waals surface area contributed by atoms with E-state index in [2.05, 4.69) is 139 Å². The number of nitrogens with one attached hydrogen (secondary N) is 1. The fraction of sp³-hybridized carbons (Fsp3) is 0.308. The fourth-order valence-corrected chi connectivity index (χ4v) is 8.21. The third kappa shape index (κ3) is 13.9. The van der Waals surface area contributed by atoms with E-state index in [4.69, 9.17) is 16.9 Å². The molecule has 0 amide bonds. The lowest BCUT2D eigenvalue weighted by atomic mass is 10.0. The Morgan fingerprint density at radius 3 is 1.53 bits per heavy atom. The predicted octanol–water partition coefficient (Wildman–Crippen LogP) is 8.22. The van der Waals surface area contributed by atoms with Gasteiger partial charge in [-0.05, 0) is 74.2 Å². The highest BCUT2D eigenvalue weighted by molar-refractivity contribution is 6.30. The maximum atomic E-state index is 11.5.